The van der Waals surface area contributed by atoms with Crippen molar-refractivity contribution >= 4 is 18.9 Å². The van der Waals surface area contributed by atoms with Crippen LogP contribution in [0.25, 0.3) is 0 Å². The molecule has 0 aliphatic carbocycles. The van der Waals surface area contributed by atoms with Crippen molar-refractivity contribution in [1.29, 1.82) is 0 Å². The number of carbonyl (C=O) groups excluding carboxylic acids is 1. The summed E-state index contributed by atoms with van der Waals surface area (Å²) in [6, 6.07) is 0.425. The van der Waals surface area contributed by atoms with Gasteiger partial charge in [0, 0.05) is 12.6 Å². The minimum absolute atomic E-state index is 0. The molecule has 1 atom stereocenters. The van der Waals surface area contributed by atoms with E-state index in [1.54, 1.807) is 0 Å². The highest BCUT2D eigenvalue weighted by Gasteiger charge is 2.07. The molecule has 0 bridgehead atoms. The van der Waals surface area contributed by atoms with Crippen LogP contribution in [0.4, 0.5) is 0 Å². The average molecular weight is 239 g/mol. The summed E-state index contributed by atoms with van der Waals surface area (Å²) in [5.74, 6) is 0. The fourth-order valence-electron chi connectivity index (χ4n) is 1.02. The van der Waals surface area contributed by atoms with Crippen molar-refractivity contribution in [2.75, 3.05) is 13.1 Å². The summed E-state index contributed by atoms with van der Waals surface area (Å²) in [6.07, 6.45) is 2.45. The molecule has 1 heterocycles. The van der Waals surface area contributed by atoms with Gasteiger partial charge in [-0.25, -0.2) is 0 Å². The molecule has 5 heteroatoms. The van der Waals surface area contributed by atoms with Crippen molar-refractivity contribution in [3.63, 3.8) is 0 Å². The Morgan fingerprint density at radius 2 is 2.07 bits per heavy atom. The molecule has 1 saturated heterocycles. The van der Waals surface area contributed by atoms with E-state index >= 15 is 0 Å². The maximum atomic E-state index is 9.60. The molecular weight excluding hydrogens is 216 g/mol. The fourth-order valence-corrected chi connectivity index (χ4v) is 1.02. The van der Waals surface area contributed by atoms with Crippen molar-refractivity contribution in [2.45, 2.75) is 45.3 Å². The normalized spacial score (nSPS) is 20.4. The molecule has 0 spiro atoms. The molecule has 0 aromatic rings. The Balaban J connectivity index is 0. The van der Waals surface area contributed by atoms with Gasteiger partial charge in [0.2, 0.25) is 0 Å². The first kappa shape index (κ1) is 17.1. The number of nitrogens with two attached hydrogens (primary N) is 1. The molecule has 4 nitrogen and oxygen atoms in total. The van der Waals surface area contributed by atoms with E-state index in [0.29, 0.717) is 12.5 Å². The number of rotatable bonds is 1. The SMILES string of the molecule is CC(C)(C)OC=O.Cl.NC1CCCNC1. The Hall–Kier alpha value is -0.320. The lowest BCUT2D eigenvalue weighted by Gasteiger charge is -2.17. The van der Waals surface area contributed by atoms with Crippen LogP contribution in [0.5, 0.6) is 0 Å². The maximum absolute atomic E-state index is 9.60. The second-order valence-electron chi connectivity index (χ2n) is 4.43. The van der Waals surface area contributed by atoms with Crippen LogP contribution in [0.15, 0.2) is 0 Å². The molecule has 92 valence electrons. The van der Waals surface area contributed by atoms with Crippen molar-refractivity contribution in [2.24, 2.45) is 5.73 Å². The highest BCUT2D eigenvalue weighted by molar-refractivity contribution is 5.85. The summed E-state index contributed by atoms with van der Waals surface area (Å²) in [5, 5.41) is 3.21. The lowest BCUT2D eigenvalue weighted by atomic mass is 10.1. The zero-order valence-electron chi connectivity index (χ0n) is 9.79. The summed E-state index contributed by atoms with van der Waals surface area (Å²) < 4.78 is 4.55. The van der Waals surface area contributed by atoms with E-state index in [1.165, 1.54) is 12.8 Å². The molecule has 1 aliphatic heterocycles. The van der Waals surface area contributed by atoms with E-state index in [2.05, 4.69) is 10.1 Å². The third-order valence-electron chi connectivity index (χ3n) is 1.74. The number of hydrogen-bond acceptors (Lipinski definition) is 4. The second-order valence-corrected chi connectivity index (χ2v) is 4.43. The average Bonchev–Trinajstić information content (AvgIpc) is 2.04. The van der Waals surface area contributed by atoms with Crippen molar-refractivity contribution in [3.05, 3.63) is 0 Å². The zero-order valence-corrected chi connectivity index (χ0v) is 10.6. The minimum atomic E-state index is -0.318. The number of halogens is 1. The Labute approximate surface area is 98.3 Å². The van der Waals surface area contributed by atoms with E-state index in [1.807, 2.05) is 20.8 Å². The van der Waals surface area contributed by atoms with E-state index in [9.17, 15) is 4.79 Å². The van der Waals surface area contributed by atoms with Crippen LogP contribution >= 0.6 is 12.4 Å². The predicted molar refractivity (Wildman–Crippen MR) is 64.2 cm³/mol. The van der Waals surface area contributed by atoms with Gasteiger partial charge in [-0.1, -0.05) is 0 Å². The largest absolute Gasteiger partial charge is 0.462 e. The first-order valence-electron chi connectivity index (χ1n) is 5.03. The number of hydrogen-bond donors (Lipinski definition) is 2. The summed E-state index contributed by atoms with van der Waals surface area (Å²) in [6.45, 7) is 8.10. The van der Waals surface area contributed by atoms with Gasteiger partial charge in [-0.05, 0) is 40.2 Å². The molecule has 0 aromatic heterocycles. The number of piperidine rings is 1. The van der Waals surface area contributed by atoms with Crippen LogP contribution in [-0.2, 0) is 9.53 Å². The van der Waals surface area contributed by atoms with E-state index in [-0.39, 0.29) is 18.0 Å². The molecule has 1 rings (SSSR count). The molecule has 1 fully saturated rings. The summed E-state index contributed by atoms with van der Waals surface area (Å²) >= 11 is 0. The molecular formula is C10H23ClN2O2. The first-order valence-corrected chi connectivity index (χ1v) is 5.03. The van der Waals surface area contributed by atoms with Gasteiger partial charge < -0.3 is 15.8 Å². The molecule has 0 amide bonds. The van der Waals surface area contributed by atoms with Crippen LogP contribution in [0, 0.1) is 0 Å². The molecule has 0 aromatic carbocycles. The van der Waals surface area contributed by atoms with Gasteiger partial charge in [0.25, 0.3) is 6.47 Å². The van der Waals surface area contributed by atoms with Gasteiger partial charge in [0.15, 0.2) is 0 Å². The van der Waals surface area contributed by atoms with Crippen LogP contribution in [0.3, 0.4) is 0 Å². The van der Waals surface area contributed by atoms with Gasteiger partial charge in [0.1, 0.15) is 5.60 Å². The lowest BCUT2D eigenvalue weighted by molar-refractivity contribution is -0.138. The third-order valence-corrected chi connectivity index (χ3v) is 1.74. The van der Waals surface area contributed by atoms with Crippen molar-refractivity contribution in [3.8, 4) is 0 Å². The Bertz CT molecular complexity index is 154. The monoisotopic (exact) mass is 238 g/mol. The first-order chi connectivity index (χ1) is 6.45. The van der Waals surface area contributed by atoms with E-state index in [0.717, 1.165) is 13.1 Å². The summed E-state index contributed by atoms with van der Waals surface area (Å²) in [5.41, 5.74) is 5.25. The van der Waals surface area contributed by atoms with Crippen LogP contribution < -0.4 is 11.1 Å². The van der Waals surface area contributed by atoms with E-state index in [4.69, 9.17) is 5.73 Å². The highest BCUT2D eigenvalue weighted by atomic mass is 35.5. The highest BCUT2D eigenvalue weighted by Crippen LogP contribution is 2.02. The van der Waals surface area contributed by atoms with Gasteiger partial charge in [-0.3, -0.25) is 4.79 Å². The quantitative estimate of drug-likeness (QED) is 0.671. The summed E-state index contributed by atoms with van der Waals surface area (Å²) in [4.78, 5) is 9.60. The minimum Gasteiger partial charge on any atom is -0.462 e. The van der Waals surface area contributed by atoms with Crippen LogP contribution in [-0.4, -0.2) is 31.2 Å². The standard InChI is InChI=1S/C5H12N2.C5H10O2.ClH/c6-5-2-1-3-7-4-5;1-5(2,3)7-4-6;/h5,7H,1-4,6H2;4H,1-3H3;1H. The summed E-state index contributed by atoms with van der Waals surface area (Å²) in [7, 11) is 0. The topological polar surface area (TPSA) is 64.3 Å². The Morgan fingerprint density at radius 3 is 2.20 bits per heavy atom. The van der Waals surface area contributed by atoms with Crippen LogP contribution in [0.2, 0.25) is 0 Å². The lowest BCUT2D eigenvalue weighted by Crippen LogP contribution is -2.39. The van der Waals surface area contributed by atoms with Crippen molar-refractivity contribution < 1.29 is 9.53 Å². The smallest absolute Gasteiger partial charge is 0.293 e. The zero-order chi connectivity index (χ0) is 11.0. The Morgan fingerprint density at radius 1 is 1.47 bits per heavy atom. The van der Waals surface area contributed by atoms with Crippen molar-refractivity contribution in [1.82, 2.24) is 5.32 Å². The maximum Gasteiger partial charge on any atom is 0.293 e. The molecule has 15 heavy (non-hydrogen) atoms. The Kier molecular flexibility index (Phi) is 10.2. The molecule has 3 N–H and O–H groups in total. The van der Waals surface area contributed by atoms with Gasteiger partial charge >= 0.3 is 0 Å². The fraction of sp³-hybridized carbons (Fsp3) is 0.900. The van der Waals surface area contributed by atoms with Gasteiger partial charge in [-0.2, -0.15) is 0 Å². The van der Waals surface area contributed by atoms with Gasteiger partial charge in [0.05, 0.1) is 0 Å². The second kappa shape index (κ2) is 8.95. The third kappa shape index (κ3) is 13.7. The van der Waals surface area contributed by atoms with Crippen LogP contribution in [0.1, 0.15) is 33.6 Å². The molecule has 1 aliphatic rings. The number of ether oxygens (including phenoxy) is 1. The number of carbonyl (C=O) groups is 1. The molecule has 0 saturated carbocycles. The molecule has 0 radical (unpaired) electrons. The predicted octanol–water partition coefficient (Wildman–Crippen LogP) is 1.08. The molecule has 1 unspecified atom stereocenters. The van der Waals surface area contributed by atoms with Gasteiger partial charge in [-0.15, -0.1) is 12.4 Å². The van der Waals surface area contributed by atoms with E-state index < -0.39 is 0 Å². The number of nitrogens with one attached hydrogen (secondary N) is 1.